The summed E-state index contributed by atoms with van der Waals surface area (Å²) in [6.45, 7) is 0.0726. The Hall–Kier alpha value is -3.56. The summed E-state index contributed by atoms with van der Waals surface area (Å²) >= 11 is 5.93. The maximum atomic E-state index is 12.7. The molecular weight excluding hydrogens is 414 g/mol. The SMILES string of the molecule is COc1ccc(C(=O)Nc2c(C(=O)CCN)noc2-c2cc(Cl)c(O)cc2O)cc1. The van der Waals surface area contributed by atoms with Gasteiger partial charge in [0, 0.05) is 18.1 Å². The van der Waals surface area contributed by atoms with E-state index in [-0.39, 0.29) is 57.8 Å². The fourth-order valence-electron chi connectivity index (χ4n) is 2.69. The molecule has 156 valence electrons. The summed E-state index contributed by atoms with van der Waals surface area (Å²) in [6, 6.07) is 8.53. The number of hydrogen-bond donors (Lipinski definition) is 4. The molecule has 0 spiro atoms. The molecule has 2 aromatic carbocycles. The molecule has 0 aliphatic rings. The van der Waals surface area contributed by atoms with Crippen molar-refractivity contribution in [2.75, 3.05) is 19.0 Å². The predicted molar refractivity (Wildman–Crippen MR) is 109 cm³/mol. The lowest BCUT2D eigenvalue weighted by atomic mass is 10.1. The average molecular weight is 432 g/mol. The van der Waals surface area contributed by atoms with E-state index >= 15 is 0 Å². The fraction of sp³-hybridized carbons (Fsp3) is 0.150. The molecule has 0 aliphatic heterocycles. The second-order valence-corrected chi connectivity index (χ2v) is 6.61. The first-order chi connectivity index (χ1) is 14.3. The standard InChI is InChI=1S/C20H18ClN3O6/c1-29-11-4-2-10(3-5-11)20(28)23-18-17(14(25)6-7-22)24-30-19(18)12-8-13(21)16(27)9-15(12)26/h2-5,8-9,26-27H,6-7,22H2,1H3,(H,23,28). The van der Waals surface area contributed by atoms with E-state index in [4.69, 9.17) is 26.6 Å². The molecule has 0 radical (unpaired) electrons. The van der Waals surface area contributed by atoms with Gasteiger partial charge < -0.3 is 30.5 Å². The summed E-state index contributed by atoms with van der Waals surface area (Å²) in [7, 11) is 1.50. The van der Waals surface area contributed by atoms with Gasteiger partial charge in [-0.3, -0.25) is 9.59 Å². The molecule has 3 rings (SSSR count). The highest BCUT2D eigenvalue weighted by molar-refractivity contribution is 6.32. The minimum absolute atomic E-state index is 0.0281. The van der Waals surface area contributed by atoms with Gasteiger partial charge in [0.25, 0.3) is 5.91 Å². The number of ether oxygens (including phenoxy) is 1. The Kier molecular flexibility index (Phi) is 6.24. The Morgan fingerprint density at radius 3 is 2.53 bits per heavy atom. The number of hydrogen-bond acceptors (Lipinski definition) is 8. The molecule has 1 aromatic heterocycles. The quantitative estimate of drug-likeness (QED) is 0.417. The number of aromatic hydroxyl groups is 2. The first-order valence-corrected chi connectivity index (χ1v) is 9.13. The molecule has 0 fully saturated rings. The smallest absolute Gasteiger partial charge is 0.255 e. The molecule has 5 N–H and O–H groups in total. The Labute approximate surface area is 176 Å². The maximum Gasteiger partial charge on any atom is 0.255 e. The number of nitrogens with zero attached hydrogens (tertiary/aromatic N) is 1. The highest BCUT2D eigenvalue weighted by Crippen LogP contribution is 2.41. The molecule has 0 atom stereocenters. The molecule has 0 aliphatic carbocycles. The van der Waals surface area contributed by atoms with E-state index < -0.39 is 11.7 Å². The number of phenolic OH excluding ortho intramolecular Hbond substituents is 2. The van der Waals surface area contributed by atoms with Gasteiger partial charge in [-0.2, -0.15) is 0 Å². The van der Waals surface area contributed by atoms with Gasteiger partial charge in [0.15, 0.2) is 17.2 Å². The monoisotopic (exact) mass is 431 g/mol. The van der Waals surface area contributed by atoms with Gasteiger partial charge in [-0.25, -0.2) is 0 Å². The number of ketones is 1. The number of carbonyl (C=O) groups is 2. The minimum Gasteiger partial charge on any atom is -0.507 e. The summed E-state index contributed by atoms with van der Waals surface area (Å²) in [5.74, 6) is -1.27. The van der Waals surface area contributed by atoms with E-state index in [0.29, 0.717) is 5.75 Å². The van der Waals surface area contributed by atoms with Crippen LogP contribution < -0.4 is 15.8 Å². The van der Waals surface area contributed by atoms with Crippen LogP contribution in [0.15, 0.2) is 40.9 Å². The van der Waals surface area contributed by atoms with Crippen LogP contribution in [0.1, 0.15) is 27.3 Å². The molecule has 9 nitrogen and oxygen atoms in total. The molecule has 0 unspecified atom stereocenters. The molecule has 1 amide bonds. The molecule has 0 saturated heterocycles. The highest BCUT2D eigenvalue weighted by Gasteiger charge is 2.27. The van der Waals surface area contributed by atoms with Gasteiger partial charge in [0.1, 0.15) is 22.9 Å². The summed E-state index contributed by atoms with van der Waals surface area (Å²) in [5.41, 5.74) is 5.56. The molecular formula is C20H18ClN3O6. The number of anilines is 1. The molecule has 1 heterocycles. The predicted octanol–water partition coefficient (Wildman–Crippen LogP) is 3.20. The van der Waals surface area contributed by atoms with Gasteiger partial charge in [-0.15, -0.1) is 0 Å². The van der Waals surface area contributed by atoms with Crippen LogP contribution in [0.3, 0.4) is 0 Å². The number of nitrogens with one attached hydrogen (secondary N) is 1. The number of nitrogens with two attached hydrogens (primary N) is 1. The van der Waals surface area contributed by atoms with E-state index in [9.17, 15) is 19.8 Å². The third-order valence-electron chi connectivity index (χ3n) is 4.23. The molecule has 0 saturated carbocycles. The second-order valence-electron chi connectivity index (χ2n) is 6.20. The Morgan fingerprint density at radius 1 is 1.20 bits per heavy atom. The van der Waals surface area contributed by atoms with Crippen LogP contribution in [0.4, 0.5) is 5.69 Å². The zero-order chi connectivity index (χ0) is 21.8. The van der Waals surface area contributed by atoms with Crippen molar-refractivity contribution in [2.45, 2.75) is 6.42 Å². The summed E-state index contributed by atoms with van der Waals surface area (Å²) in [4.78, 5) is 25.2. The van der Waals surface area contributed by atoms with Crippen molar-refractivity contribution in [1.82, 2.24) is 5.16 Å². The number of phenols is 2. The van der Waals surface area contributed by atoms with Crippen molar-refractivity contribution in [1.29, 1.82) is 0 Å². The number of methoxy groups -OCH3 is 1. The molecule has 3 aromatic rings. The molecule has 0 bridgehead atoms. The van der Waals surface area contributed by atoms with Crippen LogP contribution in [-0.4, -0.2) is 40.7 Å². The van der Waals surface area contributed by atoms with Crippen LogP contribution in [0.2, 0.25) is 5.02 Å². The summed E-state index contributed by atoms with van der Waals surface area (Å²) in [6.07, 6.45) is -0.0281. The largest absolute Gasteiger partial charge is 0.507 e. The highest BCUT2D eigenvalue weighted by atomic mass is 35.5. The van der Waals surface area contributed by atoms with Crippen molar-refractivity contribution < 1.29 is 29.1 Å². The number of benzene rings is 2. The van der Waals surface area contributed by atoms with Crippen molar-refractivity contribution in [3.8, 4) is 28.6 Å². The van der Waals surface area contributed by atoms with Crippen LogP contribution >= 0.6 is 11.6 Å². The van der Waals surface area contributed by atoms with E-state index in [0.717, 1.165) is 6.07 Å². The Morgan fingerprint density at radius 2 is 1.90 bits per heavy atom. The zero-order valence-electron chi connectivity index (χ0n) is 15.8. The van der Waals surface area contributed by atoms with E-state index in [1.54, 1.807) is 12.1 Å². The number of rotatable bonds is 7. The van der Waals surface area contributed by atoms with Crippen LogP contribution in [0, 0.1) is 0 Å². The normalized spacial score (nSPS) is 10.6. The third-order valence-corrected chi connectivity index (χ3v) is 4.53. The molecule has 10 heteroatoms. The summed E-state index contributed by atoms with van der Waals surface area (Å²) < 4.78 is 10.3. The van der Waals surface area contributed by atoms with Crippen molar-refractivity contribution in [3.63, 3.8) is 0 Å². The summed E-state index contributed by atoms with van der Waals surface area (Å²) in [5, 5.41) is 26.1. The lowest BCUT2D eigenvalue weighted by Gasteiger charge is -2.09. The number of aromatic nitrogens is 1. The first-order valence-electron chi connectivity index (χ1n) is 8.75. The van der Waals surface area contributed by atoms with Crippen LogP contribution in [0.5, 0.6) is 17.2 Å². The second kappa shape index (κ2) is 8.85. The van der Waals surface area contributed by atoms with Crippen molar-refractivity contribution in [3.05, 3.63) is 52.7 Å². The number of carbonyl (C=O) groups excluding carboxylic acids is 2. The Bertz CT molecular complexity index is 1090. The third kappa shape index (κ3) is 4.22. The average Bonchev–Trinajstić information content (AvgIpc) is 3.14. The lowest BCUT2D eigenvalue weighted by Crippen LogP contribution is -2.16. The fourth-order valence-corrected chi connectivity index (χ4v) is 2.85. The van der Waals surface area contributed by atoms with Gasteiger partial charge >= 0.3 is 0 Å². The Balaban J connectivity index is 2.06. The van der Waals surface area contributed by atoms with Crippen LogP contribution in [0.25, 0.3) is 11.3 Å². The lowest BCUT2D eigenvalue weighted by molar-refractivity contribution is 0.0977. The van der Waals surface area contributed by atoms with E-state index in [1.165, 1.54) is 25.3 Å². The molecule has 30 heavy (non-hydrogen) atoms. The van der Waals surface area contributed by atoms with E-state index in [2.05, 4.69) is 10.5 Å². The number of halogens is 1. The van der Waals surface area contributed by atoms with Crippen molar-refractivity contribution >= 4 is 29.0 Å². The van der Waals surface area contributed by atoms with Gasteiger partial charge in [0.05, 0.1) is 17.7 Å². The van der Waals surface area contributed by atoms with Gasteiger partial charge in [-0.05, 0) is 36.9 Å². The maximum absolute atomic E-state index is 12.7. The van der Waals surface area contributed by atoms with E-state index in [1.807, 2.05) is 0 Å². The number of amides is 1. The minimum atomic E-state index is -0.548. The number of Topliss-reactive ketones (excluding diaryl/α,β-unsaturated/α-hetero) is 1. The van der Waals surface area contributed by atoms with Gasteiger partial charge in [0.2, 0.25) is 0 Å². The topological polar surface area (TPSA) is 148 Å². The van der Waals surface area contributed by atoms with Gasteiger partial charge in [-0.1, -0.05) is 16.8 Å². The van der Waals surface area contributed by atoms with Crippen molar-refractivity contribution in [2.24, 2.45) is 5.73 Å². The van der Waals surface area contributed by atoms with Crippen LogP contribution in [-0.2, 0) is 0 Å². The first kappa shape index (κ1) is 21.2. The zero-order valence-corrected chi connectivity index (χ0v) is 16.6.